The topological polar surface area (TPSA) is 49.3 Å². The van der Waals surface area contributed by atoms with Crippen LogP contribution < -0.4 is 5.32 Å². The van der Waals surface area contributed by atoms with E-state index in [2.05, 4.69) is 5.32 Å². The zero-order chi connectivity index (χ0) is 13.0. The minimum absolute atomic E-state index is 0.265. The molecule has 1 aliphatic rings. The largest absolute Gasteiger partial charge is 0.480 e. The third-order valence-corrected chi connectivity index (χ3v) is 2.74. The van der Waals surface area contributed by atoms with E-state index in [4.69, 9.17) is 0 Å². The Hall–Kier alpha value is -1.94. The van der Waals surface area contributed by atoms with Crippen LogP contribution in [0.3, 0.4) is 0 Å². The van der Waals surface area contributed by atoms with Gasteiger partial charge in [-0.25, -0.2) is 4.39 Å². The van der Waals surface area contributed by atoms with E-state index >= 15 is 0 Å². The van der Waals surface area contributed by atoms with E-state index in [-0.39, 0.29) is 6.04 Å². The standard InChI is InChI=1S/C14H14FNO2/c15-11-6-8-12(9-7-11)16-13(14(17)18)10-4-2-1-3-5-10/h1-9,11-13,16H,(H,17,18). The van der Waals surface area contributed by atoms with Gasteiger partial charge in [-0.1, -0.05) is 42.5 Å². The van der Waals surface area contributed by atoms with Gasteiger partial charge in [-0.05, 0) is 17.7 Å². The molecule has 0 aliphatic heterocycles. The summed E-state index contributed by atoms with van der Waals surface area (Å²) >= 11 is 0. The van der Waals surface area contributed by atoms with Crippen molar-refractivity contribution in [1.82, 2.24) is 5.32 Å². The molecule has 0 aromatic heterocycles. The maximum atomic E-state index is 12.9. The van der Waals surface area contributed by atoms with Gasteiger partial charge in [0.05, 0.1) is 0 Å². The number of allylic oxidation sites excluding steroid dienone is 2. The van der Waals surface area contributed by atoms with E-state index < -0.39 is 18.2 Å². The highest BCUT2D eigenvalue weighted by molar-refractivity contribution is 5.75. The van der Waals surface area contributed by atoms with Gasteiger partial charge >= 0.3 is 5.97 Å². The van der Waals surface area contributed by atoms with Crippen LogP contribution in [0.4, 0.5) is 4.39 Å². The van der Waals surface area contributed by atoms with Gasteiger partial charge in [0.1, 0.15) is 12.2 Å². The van der Waals surface area contributed by atoms with E-state index in [1.165, 1.54) is 12.2 Å². The molecule has 2 N–H and O–H groups in total. The van der Waals surface area contributed by atoms with Gasteiger partial charge in [0, 0.05) is 6.04 Å². The quantitative estimate of drug-likeness (QED) is 0.802. The SMILES string of the molecule is O=C(O)C(NC1C=CC(F)C=C1)c1ccccc1. The first kappa shape index (κ1) is 12.5. The predicted octanol–water partition coefficient (Wildman–Crippen LogP) is 2.23. The van der Waals surface area contributed by atoms with Gasteiger partial charge in [-0.2, -0.15) is 0 Å². The number of carbonyl (C=O) groups is 1. The Morgan fingerprint density at radius 2 is 1.78 bits per heavy atom. The Morgan fingerprint density at radius 1 is 1.17 bits per heavy atom. The Balaban J connectivity index is 2.11. The molecule has 0 saturated heterocycles. The summed E-state index contributed by atoms with van der Waals surface area (Å²) in [5.41, 5.74) is 0.675. The van der Waals surface area contributed by atoms with Crippen molar-refractivity contribution in [1.29, 1.82) is 0 Å². The highest BCUT2D eigenvalue weighted by Crippen LogP contribution is 2.16. The van der Waals surface area contributed by atoms with Gasteiger partial charge in [-0.15, -0.1) is 0 Å². The monoisotopic (exact) mass is 247 g/mol. The van der Waals surface area contributed by atoms with Crippen molar-refractivity contribution in [2.45, 2.75) is 18.3 Å². The fourth-order valence-corrected chi connectivity index (χ4v) is 1.84. The van der Waals surface area contributed by atoms with Crippen LogP contribution in [-0.4, -0.2) is 23.3 Å². The molecule has 0 saturated carbocycles. The smallest absolute Gasteiger partial charge is 0.325 e. The third-order valence-electron chi connectivity index (χ3n) is 2.74. The second-order valence-electron chi connectivity index (χ2n) is 4.09. The Bertz CT molecular complexity index is 456. The summed E-state index contributed by atoms with van der Waals surface area (Å²) in [4.78, 5) is 11.3. The highest BCUT2D eigenvalue weighted by Gasteiger charge is 2.22. The average molecular weight is 247 g/mol. The summed E-state index contributed by atoms with van der Waals surface area (Å²) in [6.07, 6.45) is 4.99. The predicted molar refractivity (Wildman–Crippen MR) is 66.9 cm³/mol. The molecule has 1 atom stereocenters. The van der Waals surface area contributed by atoms with Crippen molar-refractivity contribution in [3.63, 3.8) is 0 Å². The average Bonchev–Trinajstić information content (AvgIpc) is 2.38. The van der Waals surface area contributed by atoms with Crippen LogP contribution in [0.15, 0.2) is 54.6 Å². The Labute approximate surface area is 105 Å². The summed E-state index contributed by atoms with van der Waals surface area (Å²) in [5, 5.41) is 12.2. The molecule has 0 fully saturated rings. The number of carboxylic acid groups (broad SMARTS) is 1. The summed E-state index contributed by atoms with van der Waals surface area (Å²) < 4.78 is 12.9. The number of nitrogens with one attached hydrogen (secondary N) is 1. The normalized spacial score (nSPS) is 23.8. The highest BCUT2D eigenvalue weighted by atomic mass is 19.1. The summed E-state index contributed by atoms with van der Waals surface area (Å²) in [6, 6.07) is 7.84. The fourth-order valence-electron chi connectivity index (χ4n) is 1.84. The number of benzene rings is 1. The number of hydrogen-bond acceptors (Lipinski definition) is 2. The van der Waals surface area contributed by atoms with E-state index in [0.717, 1.165) is 0 Å². The summed E-state index contributed by atoms with van der Waals surface area (Å²) in [6.45, 7) is 0. The molecule has 0 amide bonds. The fraction of sp³-hybridized carbons (Fsp3) is 0.214. The molecule has 94 valence electrons. The van der Waals surface area contributed by atoms with E-state index in [0.29, 0.717) is 5.56 Å². The van der Waals surface area contributed by atoms with Crippen LogP contribution in [0.2, 0.25) is 0 Å². The van der Waals surface area contributed by atoms with E-state index in [9.17, 15) is 14.3 Å². The minimum atomic E-state index is -1.08. The number of carboxylic acids is 1. The first-order valence-electron chi connectivity index (χ1n) is 5.71. The third kappa shape index (κ3) is 3.05. The maximum absolute atomic E-state index is 12.9. The Kier molecular flexibility index (Phi) is 3.89. The van der Waals surface area contributed by atoms with Crippen LogP contribution in [-0.2, 0) is 4.79 Å². The number of aliphatic carboxylic acids is 1. The van der Waals surface area contributed by atoms with Gasteiger partial charge in [-0.3, -0.25) is 10.1 Å². The summed E-state index contributed by atoms with van der Waals surface area (Å²) in [5.74, 6) is -0.953. The van der Waals surface area contributed by atoms with Gasteiger partial charge in [0.25, 0.3) is 0 Å². The first-order valence-corrected chi connectivity index (χ1v) is 5.71. The number of halogens is 1. The van der Waals surface area contributed by atoms with Crippen LogP contribution in [0.25, 0.3) is 0 Å². The molecule has 0 bridgehead atoms. The molecule has 0 spiro atoms. The van der Waals surface area contributed by atoms with Crippen LogP contribution in [0.5, 0.6) is 0 Å². The number of alkyl halides is 1. The Morgan fingerprint density at radius 3 is 2.33 bits per heavy atom. The number of rotatable bonds is 4. The lowest BCUT2D eigenvalue weighted by Crippen LogP contribution is -2.35. The number of hydrogen-bond donors (Lipinski definition) is 2. The van der Waals surface area contributed by atoms with Crippen molar-refractivity contribution < 1.29 is 14.3 Å². The van der Waals surface area contributed by atoms with Crippen molar-refractivity contribution in [2.24, 2.45) is 0 Å². The molecule has 1 aliphatic carbocycles. The molecule has 4 heteroatoms. The zero-order valence-electron chi connectivity index (χ0n) is 9.66. The molecule has 0 radical (unpaired) electrons. The van der Waals surface area contributed by atoms with Crippen LogP contribution in [0.1, 0.15) is 11.6 Å². The van der Waals surface area contributed by atoms with Crippen LogP contribution in [0, 0.1) is 0 Å². The van der Waals surface area contributed by atoms with Crippen LogP contribution >= 0.6 is 0 Å². The molecule has 1 aromatic carbocycles. The van der Waals surface area contributed by atoms with E-state index in [1.807, 2.05) is 6.07 Å². The summed E-state index contributed by atoms with van der Waals surface area (Å²) in [7, 11) is 0. The second kappa shape index (κ2) is 5.60. The molecule has 1 aromatic rings. The molecule has 3 nitrogen and oxygen atoms in total. The zero-order valence-corrected chi connectivity index (χ0v) is 9.66. The lowest BCUT2D eigenvalue weighted by molar-refractivity contribution is -0.139. The van der Waals surface area contributed by atoms with Crippen molar-refractivity contribution in [3.05, 3.63) is 60.2 Å². The van der Waals surface area contributed by atoms with Crippen molar-refractivity contribution in [3.8, 4) is 0 Å². The molecular formula is C14H14FNO2. The maximum Gasteiger partial charge on any atom is 0.325 e. The molecule has 1 unspecified atom stereocenters. The van der Waals surface area contributed by atoms with Crippen molar-refractivity contribution in [2.75, 3.05) is 0 Å². The molecular weight excluding hydrogens is 233 g/mol. The van der Waals surface area contributed by atoms with Crippen molar-refractivity contribution >= 4 is 5.97 Å². The lowest BCUT2D eigenvalue weighted by Gasteiger charge is -2.20. The van der Waals surface area contributed by atoms with Gasteiger partial charge in [0.2, 0.25) is 0 Å². The lowest BCUT2D eigenvalue weighted by atomic mass is 10.0. The minimum Gasteiger partial charge on any atom is -0.480 e. The van der Waals surface area contributed by atoms with E-state index in [1.54, 1.807) is 36.4 Å². The molecule has 2 rings (SSSR count). The van der Waals surface area contributed by atoms with Gasteiger partial charge in [0.15, 0.2) is 0 Å². The first-order chi connectivity index (χ1) is 8.66. The molecule has 18 heavy (non-hydrogen) atoms. The van der Waals surface area contributed by atoms with Gasteiger partial charge < -0.3 is 5.11 Å². The molecule has 0 heterocycles. The second-order valence-corrected chi connectivity index (χ2v) is 4.09.